The quantitative estimate of drug-likeness (QED) is 0.780. The maximum Gasteiger partial charge on any atom is 0.308 e. The first-order valence-electron chi connectivity index (χ1n) is 8.41. The lowest BCUT2D eigenvalue weighted by Crippen LogP contribution is -2.46. The van der Waals surface area contributed by atoms with Crippen LogP contribution in [-0.2, 0) is 14.3 Å². The Morgan fingerprint density at radius 1 is 1.48 bits per heavy atom. The highest BCUT2D eigenvalue weighted by Crippen LogP contribution is 2.17. The van der Waals surface area contributed by atoms with E-state index in [-0.39, 0.29) is 36.8 Å². The van der Waals surface area contributed by atoms with Crippen LogP contribution in [0.5, 0.6) is 0 Å². The molecule has 2 aliphatic rings. The second-order valence-corrected chi connectivity index (χ2v) is 6.21. The molecule has 0 radical (unpaired) electrons. The third-order valence-corrected chi connectivity index (χ3v) is 4.52. The van der Waals surface area contributed by atoms with Gasteiger partial charge in [-0.2, -0.15) is 5.10 Å². The second kappa shape index (κ2) is 9.17. The molecule has 0 saturated carbocycles. The second-order valence-electron chi connectivity index (χ2n) is 6.21. The molecule has 0 bridgehead atoms. The third kappa shape index (κ3) is 4.93. The number of nitrogens with one attached hydrogen (secondary N) is 1. The predicted molar refractivity (Wildman–Crippen MR) is 92.9 cm³/mol. The van der Waals surface area contributed by atoms with Gasteiger partial charge in [-0.05, 0) is 25.5 Å². The largest absolute Gasteiger partial charge is 0.469 e. The maximum absolute atomic E-state index is 12.7. The number of carbonyl (C=O) groups is 2. The van der Waals surface area contributed by atoms with E-state index in [0.29, 0.717) is 31.4 Å². The summed E-state index contributed by atoms with van der Waals surface area (Å²) >= 11 is 0. The monoisotopic (exact) mass is 372 g/mol. The van der Waals surface area contributed by atoms with E-state index in [1.54, 1.807) is 11.0 Å². The van der Waals surface area contributed by atoms with Gasteiger partial charge in [0.2, 0.25) is 0 Å². The fraction of sp³-hybridized carbons (Fsp3) is 0.688. The molecule has 3 heterocycles. The Balaban J connectivity index is 0.00000225. The fourth-order valence-corrected chi connectivity index (χ4v) is 3.17. The summed E-state index contributed by atoms with van der Waals surface area (Å²) in [5, 5.41) is 7.81. The van der Waals surface area contributed by atoms with Gasteiger partial charge in [0.05, 0.1) is 32.3 Å². The van der Waals surface area contributed by atoms with Crippen LogP contribution in [0.1, 0.15) is 35.8 Å². The molecule has 2 unspecified atom stereocenters. The highest BCUT2D eigenvalue weighted by molar-refractivity contribution is 5.92. The van der Waals surface area contributed by atoms with E-state index in [0.717, 1.165) is 25.9 Å². The number of nitrogens with zero attached hydrogens (tertiary/aromatic N) is 3. The molecule has 25 heavy (non-hydrogen) atoms. The van der Waals surface area contributed by atoms with Crippen LogP contribution in [0.25, 0.3) is 0 Å². The average molecular weight is 373 g/mol. The SMILES string of the molecule is COC(=O)CC1CN(C(=O)c2ccn(C3CCCNC3)n2)CCO1.Cl. The van der Waals surface area contributed by atoms with Crippen molar-refractivity contribution in [2.75, 3.05) is 39.9 Å². The number of hydrogen-bond donors (Lipinski definition) is 1. The Morgan fingerprint density at radius 2 is 2.32 bits per heavy atom. The van der Waals surface area contributed by atoms with E-state index < -0.39 is 0 Å². The zero-order valence-corrected chi connectivity index (χ0v) is 15.2. The van der Waals surface area contributed by atoms with E-state index in [2.05, 4.69) is 15.2 Å². The van der Waals surface area contributed by atoms with Crippen LogP contribution in [0.2, 0.25) is 0 Å². The lowest BCUT2D eigenvalue weighted by Gasteiger charge is -2.32. The van der Waals surface area contributed by atoms with Crippen molar-refractivity contribution < 1.29 is 19.1 Å². The molecule has 2 fully saturated rings. The standard InChI is InChI=1S/C16H24N4O4.ClH/c1-23-15(21)9-13-11-19(7-8-24-13)16(22)14-4-6-20(18-14)12-3-2-5-17-10-12;/h4,6,12-13,17H,2-3,5,7-11H2,1H3;1H. The number of carbonyl (C=O) groups excluding carboxylic acids is 2. The molecule has 1 N–H and O–H groups in total. The summed E-state index contributed by atoms with van der Waals surface area (Å²) < 4.78 is 12.1. The molecule has 2 atom stereocenters. The molecular formula is C16H25ClN4O4. The summed E-state index contributed by atoms with van der Waals surface area (Å²) in [6.45, 7) is 3.23. The van der Waals surface area contributed by atoms with Gasteiger partial charge < -0.3 is 19.7 Å². The van der Waals surface area contributed by atoms with E-state index in [1.807, 2.05) is 10.9 Å². The van der Waals surface area contributed by atoms with Crippen molar-refractivity contribution in [1.29, 1.82) is 0 Å². The number of amides is 1. The Hall–Kier alpha value is -1.64. The van der Waals surface area contributed by atoms with Crippen LogP contribution >= 0.6 is 12.4 Å². The Bertz CT molecular complexity index is 588. The molecule has 1 amide bonds. The van der Waals surface area contributed by atoms with E-state index >= 15 is 0 Å². The van der Waals surface area contributed by atoms with Gasteiger partial charge in [-0.15, -0.1) is 12.4 Å². The van der Waals surface area contributed by atoms with Crippen LogP contribution < -0.4 is 5.32 Å². The number of ether oxygens (including phenoxy) is 2. The summed E-state index contributed by atoms with van der Waals surface area (Å²) in [7, 11) is 1.35. The number of methoxy groups -OCH3 is 1. The molecule has 8 nitrogen and oxygen atoms in total. The summed E-state index contributed by atoms with van der Waals surface area (Å²) in [6, 6.07) is 2.07. The van der Waals surface area contributed by atoms with Gasteiger partial charge in [-0.3, -0.25) is 14.3 Å². The minimum absolute atomic E-state index is 0. The van der Waals surface area contributed by atoms with Crippen molar-refractivity contribution in [3.63, 3.8) is 0 Å². The number of rotatable bonds is 4. The lowest BCUT2D eigenvalue weighted by molar-refractivity contribution is -0.145. The van der Waals surface area contributed by atoms with Crippen molar-refractivity contribution in [1.82, 2.24) is 20.0 Å². The molecule has 140 valence electrons. The van der Waals surface area contributed by atoms with Crippen LogP contribution in [0.4, 0.5) is 0 Å². The van der Waals surface area contributed by atoms with Crippen LogP contribution in [0.15, 0.2) is 12.3 Å². The minimum atomic E-state index is -0.330. The summed E-state index contributed by atoms with van der Waals surface area (Å²) in [5.41, 5.74) is 0.444. The first kappa shape index (κ1) is 19.7. The smallest absolute Gasteiger partial charge is 0.308 e. The number of hydrogen-bond acceptors (Lipinski definition) is 6. The predicted octanol–water partition coefficient (Wildman–Crippen LogP) is 0.634. The Kier molecular flexibility index (Phi) is 7.22. The van der Waals surface area contributed by atoms with Crippen LogP contribution in [0, 0.1) is 0 Å². The average Bonchev–Trinajstić information content (AvgIpc) is 3.12. The van der Waals surface area contributed by atoms with Crippen molar-refractivity contribution in [3.8, 4) is 0 Å². The number of piperidine rings is 1. The molecule has 0 aromatic carbocycles. The Morgan fingerprint density at radius 3 is 3.04 bits per heavy atom. The van der Waals surface area contributed by atoms with Crippen LogP contribution in [0.3, 0.4) is 0 Å². The molecule has 0 spiro atoms. The minimum Gasteiger partial charge on any atom is -0.469 e. The molecule has 1 aromatic rings. The zero-order valence-electron chi connectivity index (χ0n) is 14.3. The summed E-state index contributed by atoms with van der Waals surface area (Å²) in [5.74, 6) is -0.445. The molecule has 3 rings (SSSR count). The van der Waals surface area contributed by atoms with Gasteiger partial charge in [0.1, 0.15) is 5.69 Å². The van der Waals surface area contributed by atoms with Gasteiger partial charge in [0, 0.05) is 25.8 Å². The summed E-state index contributed by atoms with van der Waals surface area (Å²) in [4.78, 5) is 25.7. The van der Waals surface area contributed by atoms with Crippen molar-refractivity contribution in [3.05, 3.63) is 18.0 Å². The van der Waals surface area contributed by atoms with E-state index in [4.69, 9.17) is 4.74 Å². The van der Waals surface area contributed by atoms with Crippen LogP contribution in [-0.4, -0.2) is 72.6 Å². The lowest BCUT2D eigenvalue weighted by atomic mass is 10.1. The normalized spacial score (nSPS) is 23.6. The first-order valence-corrected chi connectivity index (χ1v) is 8.41. The molecule has 2 aliphatic heterocycles. The number of morpholine rings is 1. The van der Waals surface area contributed by atoms with Crippen molar-refractivity contribution >= 4 is 24.3 Å². The van der Waals surface area contributed by atoms with Crippen molar-refractivity contribution in [2.45, 2.75) is 31.4 Å². The number of aromatic nitrogens is 2. The molecular weight excluding hydrogens is 348 g/mol. The van der Waals surface area contributed by atoms with E-state index in [1.165, 1.54) is 7.11 Å². The zero-order chi connectivity index (χ0) is 16.9. The number of esters is 1. The molecule has 0 aliphatic carbocycles. The Labute approximate surface area is 153 Å². The fourth-order valence-electron chi connectivity index (χ4n) is 3.17. The highest BCUT2D eigenvalue weighted by Gasteiger charge is 2.28. The molecule has 1 aromatic heterocycles. The molecule has 9 heteroatoms. The first-order chi connectivity index (χ1) is 11.7. The maximum atomic E-state index is 12.7. The highest BCUT2D eigenvalue weighted by atomic mass is 35.5. The van der Waals surface area contributed by atoms with Gasteiger partial charge in [0.25, 0.3) is 5.91 Å². The van der Waals surface area contributed by atoms with Gasteiger partial charge in [-0.1, -0.05) is 0 Å². The van der Waals surface area contributed by atoms with Gasteiger partial charge in [-0.25, -0.2) is 0 Å². The molecule has 2 saturated heterocycles. The summed E-state index contributed by atoms with van der Waals surface area (Å²) in [6.07, 6.45) is 3.90. The van der Waals surface area contributed by atoms with Gasteiger partial charge in [0.15, 0.2) is 0 Å². The number of halogens is 1. The van der Waals surface area contributed by atoms with Gasteiger partial charge >= 0.3 is 5.97 Å². The third-order valence-electron chi connectivity index (χ3n) is 4.52. The van der Waals surface area contributed by atoms with Crippen molar-refractivity contribution in [2.24, 2.45) is 0 Å². The van der Waals surface area contributed by atoms with E-state index in [9.17, 15) is 9.59 Å². The topological polar surface area (TPSA) is 85.7 Å².